The zero-order valence-electron chi connectivity index (χ0n) is 19.1. The monoisotopic (exact) mass is 430 g/mol. The van der Waals surface area contributed by atoms with Gasteiger partial charge in [0.15, 0.2) is 5.82 Å². The number of benzene rings is 1. The molecule has 0 atom stereocenters. The lowest BCUT2D eigenvalue weighted by Gasteiger charge is -2.10. The summed E-state index contributed by atoms with van der Waals surface area (Å²) < 4.78 is 0. The Balaban J connectivity index is 0.00000114. The van der Waals surface area contributed by atoms with Crippen LogP contribution in [0.2, 0.25) is 0 Å². The molecule has 1 aromatic carbocycles. The van der Waals surface area contributed by atoms with Crippen molar-refractivity contribution >= 4 is 17.2 Å². The summed E-state index contributed by atoms with van der Waals surface area (Å²) in [5.41, 5.74) is 4.37. The first-order chi connectivity index (χ1) is 15.5. The van der Waals surface area contributed by atoms with Crippen LogP contribution >= 0.6 is 0 Å². The molecule has 32 heavy (non-hydrogen) atoms. The highest BCUT2D eigenvalue weighted by molar-refractivity contribution is 6.03. The Hall–Kier alpha value is -3.87. The van der Waals surface area contributed by atoms with E-state index in [1.54, 1.807) is 6.07 Å². The van der Waals surface area contributed by atoms with Crippen molar-refractivity contribution in [1.29, 1.82) is 0 Å². The van der Waals surface area contributed by atoms with Crippen molar-refractivity contribution in [1.82, 2.24) is 25.6 Å². The van der Waals surface area contributed by atoms with Gasteiger partial charge in [-0.1, -0.05) is 74.6 Å². The first-order valence-electron chi connectivity index (χ1n) is 10.6. The van der Waals surface area contributed by atoms with Crippen LogP contribution in [0, 0.1) is 6.92 Å². The van der Waals surface area contributed by atoms with Crippen LogP contribution in [-0.4, -0.2) is 31.5 Å². The van der Waals surface area contributed by atoms with Crippen LogP contribution in [0.1, 0.15) is 60.3 Å². The number of aromatic nitrogens is 5. The summed E-state index contributed by atoms with van der Waals surface area (Å²) in [4.78, 5) is 17.2. The molecule has 0 aliphatic carbocycles. The van der Waals surface area contributed by atoms with Crippen LogP contribution in [0.4, 0.5) is 5.69 Å². The molecule has 0 radical (unpaired) electrons. The summed E-state index contributed by atoms with van der Waals surface area (Å²) in [6.07, 6.45) is 9.38. The Labute approximate surface area is 189 Å². The van der Waals surface area contributed by atoms with Gasteiger partial charge < -0.3 is 5.32 Å². The fourth-order valence-electron chi connectivity index (χ4n) is 2.74. The molecule has 3 rings (SSSR count). The number of carbonyl (C=O) groups is 1. The van der Waals surface area contributed by atoms with Crippen molar-refractivity contribution in [2.75, 3.05) is 5.32 Å². The number of anilines is 1. The summed E-state index contributed by atoms with van der Waals surface area (Å²) >= 11 is 0. The van der Waals surface area contributed by atoms with Crippen LogP contribution in [-0.2, 0) is 6.42 Å². The van der Waals surface area contributed by atoms with Crippen LogP contribution in [0.3, 0.4) is 0 Å². The van der Waals surface area contributed by atoms with Crippen LogP contribution < -0.4 is 5.32 Å². The van der Waals surface area contributed by atoms with E-state index in [1.807, 2.05) is 68.5 Å². The molecular formula is C25H30N6O. The number of aryl methyl sites for hydroxylation is 1. The van der Waals surface area contributed by atoms with E-state index in [0.29, 0.717) is 29.3 Å². The maximum Gasteiger partial charge on any atom is 0.274 e. The van der Waals surface area contributed by atoms with E-state index in [0.717, 1.165) is 16.7 Å². The second-order valence-electron chi connectivity index (χ2n) is 7.14. The Morgan fingerprint density at radius 3 is 2.66 bits per heavy atom. The largest absolute Gasteiger partial charge is 0.321 e. The van der Waals surface area contributed by atoms with Crippen LogP contribution in [0.15, 0.2) is 67.3 Å². The Kier molecular flexibility index (Phi) is 9.71. The third-order valence-electron chi connectivity index (χ3n) is 4.17. The molecule has 2 heterocycles. The first kappa shape index (κ1) is 24.4. The molecule has 166 valence electrons. The molecule has 3 aromatic rings. The molecule has 7 nitrogen and oxygen atoms in total. The molecule has 0 saturated carbocycles. The number of nitrogens with one attached hydrogen (secondary N) is 2. The van der Waals surface area contributed by atoms with Crippen molar-refractivity contribution in [3.63, 3.8) is 0 Å². The molecule has 2 N–H and O–H groups in total. The average molecular weight is 431 g/mol. The number of tetrazole rings is 1. The molecule has 1 amide bonds. The van der Waals surface area contributed by atoms with Gasteiger partial charge in [-0.25, -0.2) is 4.98 Å². The normalized spacial score (nSPS) is 10.8. The van der Waals surface area contributed by atoms with E-state index >= 15 is 0 Å². The fraction of sp³-hybridized carbons (Fsp3) is 0.240. The fourth-order valence-corrected chi connectivity index (χ4v) is 2.74. The third kappa shape index (κ3) is 7.43. The van der Waals surface area contributed by atoms with Crippen molar-refractivity contribution < 1.29 is 4.79 Å². The number of nitrogens with zero attached hydrogens (tertiary/aromatic N) is 4. The average Bonchev–Trinajstić information content (AvgIpc) is 3.28. The number of allylic oxidation sites excluding steroid dienone is 5. The molecule has 0 spiro atoms. The predicted molar refractivity (Wildman–Crippen MR) is 129 cm³/mol. The third-order valence-corrected chi connectivity index (χ3v) is 4.17. The van der Waals surface area contributed by atoms with Gasteiger partial charge in [0, 0.05) is 12.1 Å². The topological polar surface area (TPSA) is 96.5 Å². The molecule has 0 saturated heterocycles. The number of pyridine rings is 1. The summed E-state index contributed by atoms with van der Waals surface area (Å²) in [5.74, 6) is 0.302. The maximum absolute atomic E-state index is 12.7. The number of H-pyrrole nitrogens is 1. The van der Waals surface area contributed by atoms with Crippen molar-refractivity contribution in [2.45, 2.75) is 40.5 Å². The Bertz CT molecular complexity index is 1080. The number of rotatable bonds is 7. The quantitative estimate of drug-likeness (QED) is 0.495. The van der Waals surface area contributed by atoms with Gasteiger partial charge in [0.25, 0.3) is 5.91 Å². The number of hydrogen-bond donors (Lipinski definition) is 2. The highest BCUT2D eigenvalue weighted by Gasteiger charge is 2.12. The zero-order valence-corrected chi connectivity index (χ0v) is 19.1. The predicted octanol–water partition coefficient (Wildman–Crippen LogP) is 5.31. The van der Waals surface area contributed by atoms with Gasteiger partial charge in [0.2, 0.25) is 0 Å². The van der Waals surface area contributed by atoms with E-state index in [1.165, 1.54) is 6.42 Å². The van der Waals surface area contributed by atoms with Crippen LogP contribution in [0.25, 0.3) is 5.57 Å². The molecule has 0 unspecified atom stereocenters. The number of aromatic amines is 1. The first-order valence-corrected chi connectivity index (χ1v) is 10.6. The van der Waals surface area contributed by atoms with Crippen molar-refractivity contribution in [2.24, 2.45) is 0 Å². The van der Waals surface area contributed by atoms with E-state index in [2.05, 4.69) is 51.4 Å². The second kappa shape index (κ2) is 12.7. The Morgan fingerprint density at radius 2 is 1.97 bits per heavy atom. The van der Waals surface area contributed by atoms with E-state index < -0.39 is 0 Å². The SMILES string of the molecule is C=C(/C=C\C=C/C)c1nc(C(=O)Nc2cccc(Cc3nn[nH]n3)c2)ccc1C.CCC. The zero-order chi connectivity index (χ0) is 23.3. The Morgan fingerprint density at radius 1 is 1.19 bits per heavy atom. The standard InChI is InChI=1S/C22H22N6O.C3H8/c1-4-5-6-8-15(2)21-16(3)11-12-19(24-21)22(29)23-18-10-7-9-17(13-18)14-20-25-27-28-26-20;1-3-2/h4-13H,2,14H2,1,3H3,(H,23,29)(H,25,26,27,28);3H2,1-2H3/b5-4-,8-6-;. The summed E-state index contributed by atoms with van der Waals surface area (Å²) in [6.45, 7) is 12.2. The van der Waals surface area contributed by atoms with E-state index in [4.69, 9.17) is 0 Å². The van der Waals surface area contributed by atoms with Gasteiger partial charge in [-0.3, -0.25) is 4.79 Å². The van der Waals surface area contributed by atoms with E-state index in [9.17, 15) is 4.79 Å². The van der Waals surface area contributed by atoms with Gasteiger partial charge in [0.1, 0.15) is 5.69 Å². The summed E-state index contributed by atoms with van der Waals surface area (Å²) in [6, 6.07) is 11.1. The minimum absolute atomic E-state index is 0.284. The molecule has 7 heteroatoms. The minimum atomic E-state index is -0.284. The lowest BCUT2D eigenvalue weighted by Crippen LogP contribution is -2.15. The van der Waals surface area contributed by atoms with Gasteiger partial charge in [-0.15, -0.1) is 10.2 Å². The lowest BCUT2D eigenvalue weighted by molar-refractivity contribution is 0.102. The van der Waals surface area contributed by atoms with Gasteiger partial charge in [0.05, 0.1) is 5.69 Å². The molecule has 2 aromatic heterocycles. The highest BCUT2D eigenvalue weighted by Crippen LogP contribution is 2.18. The summed E-state index contributed by atoms with van der Waals surface area (Å²) in [7, 11) is 0. The number of carbonyl (C=O) groups excluding carboxylic acids is 1. The van der Waals surface area contributed by atoms with E-state index in [-0.39, 0.29) is 5.91 Å². The van der Waals surface area contributed by atoms with Gasteiger partial charge >= 0.3 is 0 Å². The highest BCUT2D eigenvalue weighted by atomic mass is 16.1. The smallest absolute Gasteiger partial charge is 0.274 e. The van der Waals surface area contributed by atoms with Crippen LogP contribution in [0.5, 0.6) is 0 Å². The molecule has 0 aliphatic rings. The van der Waals surface area contributed by atoms with Gasteiger partial charge in [-0.2, -0.15) is 5.21 Å². The molecule has 0 aliphatic heterocycles. The molecular weight excluding hydrogens is 400 g/mol. The van der Waals surface area contributed by atoms with Crippen molar-refractivity contribution in [3.8, 4) is 0 Å². The maximum atomic E-state index is 12.7. The number of hydrogen-bond acceptors (Lipinski definition) is 5. The minimum Gasteiger partial charge on any atom is -0.321 e. The molecule has 0 bridgehead atoms. The van der Waals surface area contributed by atoms with Crippen molar-refractivity contribution in [3.05, 3.63) is 95.6 Å². The molecule has 0 fully saturated rings. The summed E-state index contributed by atoms with van der Waals surface area (Å²) in [5, 5.41) is 16.8. The number of amides is 1. The van der Waals surface area contributed by atoms with Gasteiger partial charge in [-0.05, 0) is 48.7 Å². The lowest BCUT2D eigenvalue weighted by atomic mass is 10.1. The second-order valence-corrected chi connectivity index (χ2v) is 7.14.